The zero-order valence-electron chi connectivity index (χ0n) is 11.8. The van der Waals surface area contributed by atoms with Crippen molar-refractivity contribution in [1.82, 2.24) is 4.98 Å². The Morgan fingerprint density at radius 1 is 1.33 bits per heavy atom. The summed E-state index contributed by atoms with van der Waals surface area (Å²) < 4.78 is 0. The lowest BCUT2D eigenvalue weighted by molar-refractivity contribution is 0.563. The van der Waals surface area contributed by atoms with Crippen LogP contribution in [0.2, 0.25) is 0 Å². The molecule has 1 heterocycles. The van der Waals surface area contributed by atoms with E-state index in [1.165, 1.54) is 25.7 Å². The van der Waals surface area contributed by atoms with Gasteiger partial charge in [0.1, 0.15) is 5.82 Å². The molecule has 100 valence electrons. The third kappa shape index (κ3) is 4.47. The van der Waals surface area contributed by atoms with Gasteiger partial charge in [0, 0.05) is 23.5 Å². The van der Waals surface area contributed by atoms with Crippen molar-refractivity contribution in [1.29, 1.82) is 5.41 Å². The minimum atomic E-state index is 0.475. The van der Waals surface area contributed by atoms with Crippen LogP contribution in [0.3, 0.4) is 0 Å². The molecule has 1 aromatic heterocycles. The first kappa shape index (κ1) is 14.7. The van der Waals surface area contributed by atoms with Gasteiger partial charge in [0.2, 0.25) is 0 Å². The molecule has 2 N–H and O–H groups in total. The van der Waals surface area contributed by atoms with Crippen molar-refractivity contribution in [3.8, 4) is 0 Å². The molecule has 1 aromatic rings. The van der Waals surface area contributed by atoms with Crippen LogP contribution in [0.15, 0.2) is 18.3 Å². The first-order valence-corrected chi connectivity index (χ1v) is 6.96. The number of unbranched alkanes of at least 4 members (excludes halogenated alkanes) is 1. The maximum Gasteiger partial charge on any atom is 0.135 e. The average molecular weight is 247 g/mol. The Morgan fingerprint density at radius 2 is 2.11 bits per heavy atom. The lowest BCUT2D eigenvalue weighted by Crippen LogP contribution is -2.21. The number of rotatable bonds is 8. The Bertz CT molecular complexity index is 374. The largest absolute Gasteiger partial charge is 0.367 e. The molecule has 0 aliphatic heterocycles. The molecule has 1 rings (SSSR count). The van der Waals surface area contributed by atoms with Gasteiger partial charge in [-0.1, -0.05) is 33.1 Å². The summed E-state index contributed by atoms with van der Waals surface area (Å²) in [5, 5.41) is 11.3. The normalized spacial score (nSPS) is 12.2. The van der Waals surface area contributed by atoms with E-state index in [1.807, 2.05) is 19.1 Å². The van der Waals surface area contributed by atoms with Crippen molar-refractivity contribution in [2.24, 2.45) is 0 Å². The maximum atomic E-state index is 7.78. The number of nitrogens with zero attached hydrogens (tertiary/aromatic N) is 1. The Kier molecular flexibility index (Phi) is 6.40. The molecule has 0 spiro atoms. The second-order valence-electron chi connectivity index (χ2n) is 4.80. The zero-order chi connectivity index (χ0) is 13.4. The van der Waals surface area contributed by atoms with Gasteiger partial charge >= 0.3 is 0 Å². The van der Waals surface area contributed by atoms with E-state index in [-0.39, 0.29) is 0 Å². The Labute approximate surface area is 111 Å². The third-order valence-corrected chi connectivity index (χ3v) is 3.10. The van der Waals surface area contributed by atoms with E-state index in [4.69, 9.17) is 5.41 Å². The highest BCUT2D eigenvalue weighted by Crippen LogP contribution is 2.17. The molecule has 18 heavy (non-hydrogen) atoms. The molecule has 0 aliphatic rings. The first-order valence-electron chi connectivity index (χ1n) is 6.96. The number of pyridine rings is 1. The van der Waals surface area contributed by atoms with Gasteiger partial charge in [0.25, 0.3) is 0 Å². The molecule has 1 atom stereocenters. The molecule has 0 amide bonds. The van der Waals surface area contributed by atoms with Gasteiger partial charge in [-0.25, -0.2) is 4.98 Å². The van der Waals surface area contributed by atoms with Crippen molar-refractivity contribution >= 4 is 11.5 Å². The summed E-state index contributed by atoms with van der Waals surface area (Å²) in [6.07, 6.45) is 7.76. The van der Waals surface area contributed by atoms with Gasteiger partial charge in [0.05, 0.1) is 0 Å². The van der Waals surface area contributed by atoms with Crippen LogP contribution >= 0.6 is 0 Å². The van der Waals surface area contributed by atoms with Crippen LogP contribution in [0.25, 0.3) is 0 Å². The smallest absolute Gasteiger partial charge is 0.135 e. The van der Waals surface area contributed by atoms with Gasteiger partial charge in [-0.15, -0.1) is 0 Å². The summed E-state index contributed by atoms with van der Waals surface area (Å²) in [6.45, 7) is 6.24. The molecule has 0 bridgehead atoms. The maximum absolute atomic E-state index is 7.78. The predicted octanol–water partition coefficient (Wildman–Crippen LogP) is 4.24. The number of hydrogen-bond acceptors (Lipinski definition) is 3. The Balaban J connectivity index is 2.76. The Morgan fingerprint density at radius 3 is 2.72 bits per heavy atom. The fourth-order valence-electron chi connectivity index (χ4n) is 2.10. The van der Waals surface area contributed by atoms with E-state index in [9.17, 15) is 0 Å². The molecule has 0 saturated carbocycles. The Hall–Kier alpha value is -1.38. The van der Waals surface area contributed by atoms with Gasteiger partial charge in [-0.05, 0) is 31.9 Å². The lowest BCUT2D eigenvalue weighted by Gasteiger charge is -2.20. The summed E-state index contributed by atoms with van der Waals surface area (Å²) in [5.74, 6) is 0.861. The van der Waals surface area contributed by atoms with Crippen LogP contribution < -0.4 is 5.32 Å². The van der Waals surface area contributed by atoms with Crippen LogP contribution in [-0.2, 0) is 0 Å². The second-order valence-corrected chi connectivity index (χ2v) is 4.80. The van der Waals surface area contributed by atoms with Crippen LogP contribution in [0.5, 0.6) is 0 Å². The van der Waals surface area contributed by atoms with E-state index < -0.39 is 0 Å². The molecule has 3 heteroatoms. The van der Waals surface area contributed by atoms with E-state index in [2.05, 4.69) is 24.1 Å². The van der Waals surface area contributed by atoms with Gasteiger partial charge in [-0.2, -0.15) is 0 Å². The minimum absolute atomic E-state index is 0.475. The minimum Gasteiger partial charge on any atom is -0.367 e. The molecular weight excluding hydrogens is 222 g/mol. The first-order chi connectivity index (χ1) is 8.69. The number of hydrogen-bond donors (Lipinski definition) is 2. The standard InChI is InChI=1S/C15H25N3/c1-4-6-9-13(8-5-2)18-15-14(12(3)16)10-7-11-17-15/h7,10-11,13,16H,4-6,8-9H2,1-3H3,(H,17,18). The highest BCUT2D eigenvalue weighted by molar-refractivity contribution is 6.00. The van der Waals surface area contributed by atoms with Crippen LogP contribution in [0.4, 0.5) is 5.82 Å². The summed E-state index contributed by atoms with van der Waals surface area (Å²) in [7, 11) is 0. The van der Waals surface area contributed by atoms with E-state index in [1.54, 1.807) is 6.20 Å². The number of anilines is 1. The number of aromatic nitrogens is 1. The monoisotopic (exact) mass is 247 g/mol. The van der Waals surface area contributed by atoms with Crippen molar-refractivity contribution in [3.05, 3.63) is 23.9 Å². The third-order valence-electron chi connectivity index (χ3n) is 3.10. The molecular formula is C15H25N3. The van der Waals surface area contributed by atoms with E-state index >= 15 is 0 Å². The quantitative estimate of drug-likeness (QED) is 0.675. The van der Waals surface area contributed by atoms with Crippen molar-refractivity contribution in [2.75, 3.05) is 5.32 Å². The van der Waals surface area contributed by atoms with Crippen LogP contribution in [0, 0.1) is 5.41 Å². The zero-order valence-corrected chi connectivity index (χ0v) is 11.8. The summed E-state index contributed by atoms with van der Waals surface area (Å²) in [4.78, 5) is 4.38. The molecule has 0 aliphatic carbocycles. The second kappa shape index (κ2) is 7.85. The van der Waals surface area contributed by atoms with E-state index in [0.29, 0.717) is 11.8 Å². The fraction of sp³-hybridized carbons (Fsp3) is 0.600. The number of nitrogens with one attached hydrogen (secondary N) is 2. The van der Waals surface area contributed by atoms with Gasteiger partial charge < -0.3 is 10.7 Å². The molecule has 0 saturated heterocycles. The van der Waals surface area contributed by atoms with Gasteiger partial charge in [-0.3, -0.25) is 0 Å². The van der Waals surface area contributed by atoms with Crippen LogP contribution in [0.1, 0.15) is 58.4 Å². The van der Waals surface area contributed by atoms with Gasteiger partial charge in [0.15, 0.2) is 0 Å². The topological polar surface area (TPSA) is 48.8 Å². The fourth-order valence-corrected chi connectivity index (χ4v) is 2.10. The van der Waals surface area contributed by atoms with Crippen molar-refractivity contribution in [3.63, 3.8) is 0 Å². The lowest BCUT2D eigenvalue weighted by atomic mass is 10.0. The highest BCUT2D eigenvalue weighted by Gasteiger charge is 2.11. The summed E-state index contributed by atoms with van der Waals surface area (Å²) >= 11 is 0. The van der Waals surface area contributed by atoms with Crippen molar-refractivity contribution in [2.45, 2.75) is 58.9 Å². The molecule has 3 nitrogen and oxygen atoms in total. The molecule has 0 radical (unpaired) electrons. The predicted molar refractivity (Wildman–Crippen MR) is 78.6 cm³/mol. The van der Waals surface area contributed by atoms with Crippen molar-refractivity contribution < 1.29 is 0 Å². The molecule has 0 fully saturated rings. The SMILES string of the molecule is CCCCC(CCC)Nc1ncccc1C(C)=N. The summed E-state index contributed by atoms with van der Waals surface area (Å²) in [5.41, 5.74) is 1.48. The van der Waals surface area contributed by atoms with E-state index in [0.717, 1.165) is 17.8 Å². The summed E-state index contributed by atoms with van der Waals surface area (Å²) in [6, 6.07) is 4.32. The molecule has 1 unspecified atom stereocenters. The van der Waals surface area contributed by atoms with Crippen LogP contribution in [-0.4, -0.2) is 16.7 Å². The molecule has 0 aromatic carbocycles. The average Bonchev–Trinajstić information content (AvgIpc) is 2.36. The highest BCUT2D eigenvalue weighted by atomic mass is 15.0.